The summed E-state index contributed by atoms with van der Waals surface area (Å²) in [5.74, 6) is 1.18. The summed E-state index contributed by atoms with van der Waals surface area (Å²) in [5, 5.41) is 7.58. The number of furan rings is 1. The van der Waals surface area contributed by atoms with Gasteiger partial charge in [0.15, 0.2) is 5.76 Å². The SMILES string of the molecule is COc1ccc2oc3c(c2c1Cl)NC(c1csc(C(C)C)n1)CC3=O. The Labute approximate surface area is 154 Å². The number of anilines is 1. The maximum absolute atomic E-state index is 12.6. The molecule has 4 rings (SSSR count). The van der Waals surface area contributed by atoms with Crippen LogP contribution in [0.25, 0.3) is 11.0 Å². The fourth-order valence-electron chi connectivity index (χ4n) is 3.03. The molecule has 0 aliphatic carbocycles. The number of methoxy groups -OCH3 is 1. The highest BCUT2D eigenvalue weighted by Gasteiger charge is 2.33. The Morgan fingerprint density at radius 2 is 2.24 bits per heavy atom. The van der Waals surface area contributed by atoms with Gasteiger partial charge in [-0.05, 0) is 12.1 Å². The molecule has 0 saturated carbocycles. The molecule has 1 N–H and O–H groups in total. The number of hydrogen-bond acceptors (Lipinski definition) is 6. The third kappa shape index (κ3) is 2.60. The van der Waals surface area contributed by atoms with Crippen molar-refractivity contribution >= 4 is 45.4 Å². The highest BCUT2D eigenvalue weighted by molar-refractivity contribution is 7.09. The number of halogens is 1. The molecule has 1 unspecified atom stereocenters. The van der Waals surface area contributed by atoms with Gasteiger partial charge >= 0.3 is 0 Å². The lowest BCUT2D eigenvalue weighted by atomic mass is 9.99. The number of nitrogens with zero attached hydrogens (tertiary/aromatic N) is 1. The van der Waals surface area contributed by atoms with Crippen LogP contribution in [-0.2, 0) is 0 Å². The molecule has 1 aliphatic rings. The molecular formula is C18H17ClN2O3S. The first-order valence-electron chi connectivity index (χ1n) is 8.03. The quantitative estimate of drug-likeness (QED) is 0.661. The van der Waals surface area contributed by atoms with Crippen molar-refractivity contribution in [3.63, 3.8) is 0 Å². The van der Waals surface area contributed by atoms with E-state index < -0.39 is 0 Å². The molecule has 5 nitrogen and oxygen atoms in total. The molecule has 0 amide bonds. The molecule has 2 aromatic heterocycles. The van der Waals surface area contributed by atoms with Crippen LogP contribution in [0, 0.1) is 0 Å². The predicted octanol–water partition coefficient (Wildman–Crippen LogP) is 5.41. The maximum Gasteiger partial charge on any atom is 0.202 e. The molecule has 1 aliphatic heterocycles. The maximum atomic E-state index is 12.6. The van der Waals surface area contributed by atoms with E-state index in [9.17, 15) is 4.79 Å². The molecule has 1 atom stereocenters. The molecule has 7 heteroatoms. The van der Waals surface area contributed by atoms with Crippen LogP contribution in [0.15, 0.2) is 21.9 Å². The molecule has 25 heavy (non-hydrogen) atoms. The van der Waals surface area contributed by atoms with Crippen LogP contribution in [0.4, 0.5) is 5.69 Å². The first-order valence-corrected chi connectivity index (χ1v) is 9.29. The van der Waals surface area contributed by atoms with Gasteiger partial charge in [-0.25, -0.2) is 4.98 Å². The number of aromatic nitrogens is 1. The minimum absolute atomic E-state index is 0.0518. The van der Waals surface area contributed by atoms with E-state index in [1.54, 1.807) is 30.6 Å². The van der Waals surface area contributed by atoms with E-state index in [4.69, 9.17) is 20.8 Å². The normalized spacial score (nSPS) is 17.0. The molecule has 3 aromatic rings. The van der Waals surface area contributed by atoms with E-state index in [0.717, 1.165) is 10.7 Å². The summed E-state index contributed by atoms with van der Waals surface area (Å²) in [4.78, 5) is 17.3. The Bertz CT molecular complexity index is 976. The molecule has 3 heterocycles. The van der Waals surface area contributed by atoms with Gasteiger partial charge < -0.3 is 14.5 Å². The molecule has 0 radical (unpaired) electrons. The first kappa shape index (κ1) is 16.4. The van der Waals surface area contributed by atoms with E-state index in [1.807, 2.05) is 5.38 Å². The van der Waals surface area contributed by atoms with Crippen molar-refractivity contribution < 1.29 is 13.9 Å². The minimum atomic E-state index is -0.188. The Balaban J connectivity index is 1.80. The summed E-state index contributed by atoms with van der Waals surface area (Å²) in [6.07, 6.45) is 0.308. The van der Waals surface area contributed by atoms with Crippen LogP contribution in [0.2, 0.25) is 5.02 Å². The lowest BCUT2D eigenvalue weighted by Gasteiger charge is -2.22. The van der Waals surface area contributed by atoms with Gasteiger partial charge in [0.05, 0.1) is 39.9 Å². The highest BCUT2D eigenvalue weighted by atomic mass is 35.5. The monoisotopic (exact) mass is 376 g/mol. The Hall–Kier alpha value is -2.05. The fourth-order valence-corrected chi connectivity index (χ4v) is 4.25. The topological polar surface area (TPSA) is 64.4 Å². The van der Waals surface area contributed by atoms with Gasteiger partial charge in [-0.1, -0.05) is 25.4 Å². The summed E-state index contributed by atoms with van der Waals surface area (Å²) in [6, 6.07) is 3.31. The zero-order valence-corrected chi connectivity index (χ0v) is 15.6. The number of Topliss-reactive ketones (excluding diaryl/α,β-unsaturated/α-hetero) is 1. The lowest BCUT2D eigenvalue weighted by Crippen LogP contribution is -2.22. The Morgan fingerprint density at radius 3 is 2.92 bits per heavy atom. The zero-order valence-electron chi connectivity index (χ0n) is 14.1. The van der Waals surface area contributed by atoms with Crippen LogP contribution in [0.1, 0.15) is 53.5 Å². The van der Waals surface area contributed by atoms with Crippen LogP contribution in [0.3, 0.4) is 0 Å². The molecule has 0 spiro atoms. The molecule has 130 valence electrons. The number of rotatable bonds is 3. The third-order valence-corrected chi connectivity index (χ3v) is 5.87. The van der Waals surface area contributed by atoms with Gasteiger partial charge in [-0.2, -0.15) is 0 Å². The number of carbonyl (C=O) groups excluding carboxylic acids is 1. The van der Waals surface area contributed by atoms with Crippen LogP contribution in [-0.4, -0.2) is 17.9 Å². The van der Waals surface area contributed by atoms with E-state index in [1.165, 1.54) is 0 Å². The highest BCUT2D eigenvalue weighted by Crippen LogP contribution is 2.45. The molecule has 0 bridgehead atoms. The first-order chi connectivity index (χ1) is 12.0. The average Bonchev–Trinajstić information content (AvgIpc) is 3.20. The van der Waals surface area contributed by atoms with Crippen molar-refractivity contribution in [1.82, 2.24) is 4.98 Å². The van der Waals surface area contributed by atoms with E-state index in [0.29, 0.717) is 45.5 Å². The van der Waals surface area contributed by atoms with E-state index in [-0.39, 0.29) is 11.8 Å². The summed E-state index contributed by atoms with van der Waals surface area (Å²) in [6.45, 7) is 4.21. The van der Waals surface area contributed by atoms with Crippen molar-refractivity contribution in [1.29, 1.82) is 0 Å². The standard InChI is InChI=1S/C18H17ClN2O3S/c1-8(2)18-21-10(7-25-18)9-6-11(22)17-16(20-9)14-12(24-17)4-5-13(23-3)15(14)19/h4-5,7-9,20H,6H2,1-3H3. The van der Waals surface area contributed by atoms with Gasteiger partial charge in [0.1, 0.15) is 11.3 Å². The number of carbonyl (C=O) groups is 1. The molecule has 0 saturated heterocycles. The second-order valence-corrected chi connectivity index (χ2v) is 7.62. The second kappa shape index (κ2) is 6.04. The van der Waals surface area contributed by atoms with E-state index in [2.05, 4.69) is 24.1 Å². The summed E-state index contributed by atoms with van der Waals surface area (Å²) < 4.78 is 11.0. The van der Waals surface area contributed by atoms with E-state index >= 15 is 0 Å². The molecule has 0 fully saturated rings. The Kier molecular flexibility index (Phi) is 3.96. The van der Waals surface area contributed by atoms with Crippen molar-refractivity contribution in [3.8, 4) is 5.75 Å². The minimum Gasteiger partial charge on any atom is -0.495 e. The number of fused-ring (bicyclic) bond motifs is 3. The van der Waals surface area contributed by atoms with Crippen molar-refractivity contribution in [2.24, 2.45) is 0 Å². The van der Waals surface area contributed by atoms with Crippen LogP contribution >= 0.6 is 22.9 Å². The Morgan fingerprint density at radius 1 is 1.44 bits per heavy atom. The summed E-state index contributed by atoms with van der Waals surface area (Å²) in [7, 11) is 1.56. The van der Waals surface area contributed by atoms with Gasteiger partial charge in [-0.3, -0.25) is 4.79 Å². The molecular weight excluding hydrogens is 360 g/mol. The number of ether oxygens (including phenoxy) is 1. The van der Waals surface area contributed by atoms with Crippen molar-refractivity contribution in [3.05, 3.63) is 39.0 Å². The smallest absolute Gasteiger partial charge is 0.202 e. The average molecular weight is 377 g/mol. The van der Waals surface area contributed by atoms with Gasteiger partial charge in [0.25, 0.3) is 0 Å². The molecule has 1 aromatic carbocycles. The number of nitrogens with one attached hydrogen (secondary N) is 1. The second-order valence-electron chi connectivity index (χ2n) is 6.35. The largest absolute Gasteiger partial charge is 0.495 e. The number of hydrogen-bond donors (Lipinski definition) is 1. The van der Waals surface area contributed by atoms with Crippen molar-refractivity contribution in [2.75, 3.05) is 12.4 Å². The van der Waals surface area contributed by atoms with Gasteiger partial charge in [0, 0.05) is 17.7 Å². The van der Waals surface area contributed by atoms with Crippen LogP contribution < -0.4 is 10.1 Å². The summed E-state index contributed by atoms with van der Waals surface area (Å²) >= 11 is 8.07. The van der Waals surface area contributed by atoms with Gasteiger partial charge in [-0.15, -0.1) is 11.3 Å². The fraction of sp³-hybridized carbons (Fsp3) is 0.333. The number of ketones is 1. The van der Waals surface area contributed by atoms with Gasteiger partial charge in [0.2, 0.25) is 5.78 Å². The lowest BCUT2D eigenvalue weighted by molar-refractivity contribution is 0.0946. The predicted molar refractivity (Wildman–Crippen MR) is 99.3 cm³/mol. The number of benzene rings is 1. The van der Waals surface area contributed by atoms with Crippen molar-refractivity contribution in [2.45, 2.75) is 32.2 Å². The van der Waals surface area contributed by atoms with Crippen LogP contribution in [0.5, 0.6) is 5.75 Å². The number of thiazole rings is 1. The zero-order chi connectivity index (χ0) is 17.7. The summed E-state index contributed by atoms with van der Waals surface area (Å²) in [5.41, 5.74) is 2.07. The third-order valence-electron chi connectivity index (χ3n) is 4.33.